The topological polar surface area (TPSA) is 21.3 Å². The molecule has 0 bridgehead atoms. The largest absolute Gasteiger partial charge is 0.485 e. The number of fused-ring (bicyclic) bond motifs is 1. The van der Waals surface area contributed by atoms with E-state index in [2.05, 4.69) is 5.32 Å². The van der Waals surface area contributed by atoms with Crippen LogP contribution in [0.2, 0.25) is 0 Å². The van der Waals surface area contributed by atoms with Crippen molar-refractivity contribution in [3.05, 3.63) is 29.3 Å². The Hall–Kier alpha value is -1.23. The first kappa shape index (κ1) is 10.9. The van der Waals surface area contributed by atoms with Gasteiger partial charge >= 0.3 is 6.18 Å². The lowest BCUT2D eigenvalue weighted by atomic mass is 9.96. The lowest BCUT2D eigenvalue weighted by Gasteiger charge is -2.21. The van der Waals surface area contributed by atoms with Crippen molar-refractivity contribution < 1.29 is 17.9 Å². The van der Waals surface area contributed by atoms with E-state index in [1.165, 1.54) is 6.07 Å². The molecule has 1 aromatic carbocycles. The normalized spacial score (nSPS) is 27.2. The summed E-state index contributed by atoms with van der Waals surface area (Å²) in [6, 6.07) is 3.78. The maximum absolute atomic E-state index is 12.6. The molecule has 17 heavy (non-hydrogen) atoms. The van der Waals surface area contributed by atoms with Gasteiger partial charge in [-0.05, 0) is 24.2 Å². The SMILES string of the molecule is FC(F)(F)c1ccc2c(c1)OC1(CCNC1)C2. The van der Waals surface area contributed by atoms with Gasteiger partial charge in [-0.25, -0.2) is 0 Å². The van der Waals surface area contributed by atoms with Gasteiger partial charge in [-0.2, -0.15) is 13.2 Å². The van der Waals surface area contributed by atoms with Crippen LogP contribution in [0.25, 0.3) is 0 Å². The second-order valence-electron chi connectivity index (χ2n) is 4.71. The smallest absolute Gasteiger partial charge is 0.416 e. The molecular weight excluding hydrogens is 231 g/mol. The van der Waals surface area contributed by atoms with E-state index in [4.69, 9.17) is 4.74 Å². The van der Waals surface area contributed by atoms with Crippen LogP contribution in [-0.4, -0.2) is 18.7 Å². The third kappa shape index (κ3) is 1.78. The zero-order valence-corrected chi connectivity index (χ0v) is 9.10. The molecule has 1 saturated heterocycles. The Labute approximate surface area is 96.8 Å². The number of alkyl halides is 3. The molecule has 1 aromatic rings. The number of hydrogen-bond acceptors (Lipinski definition) is 2. The lowest BCUT2D eigenvalue weighted by molar-refractivity contribution is -0.137. The van der Waals surface area contributed by atoms with Crippen molar-refractivity contribution in [3.8, 4) is 5.75 Å². The van der Waals surface area contributed by atoms with Crippen LogP contribution in [0.5, 0.6) is 5.75 Å². The molecule has 0 radical (unpaired) electrons. The van der Waals surface area contributed by atoms with E-state index in [0.29, 0.717) is 18.7 Å². The molecule has 2 aliphatic heterocycles. The van der Waals surface area contributed by atoms with Crippen molar-refractivity contribution in [3.63, 3.8) is 0 Å². The predicted octanol–water partition coefficient (Wildman–Crippen LogP) is 2.37. The van der Waals surface area contributed by atoms with Crippen LogP contribution in [0.3, 0.4) is 0 Å². The third-order valence-electron chi connectivity index (χ3n) is 3.44. The number of halogens is 3. The molecule has 0 saturated carbocycles. The van der Waals surface area contributed by atoms with E-state index >= 15 is 0 Å². The molecule has 2 heterocycles. The monoisotopic (exact) mass is 243 g/mol. The number of ether oxygens (including phenoxy) is 1. The summed E-state index contributed by atoms with van der Waals surface area (Å²) in [6.07, 6.45) is -2.75. The zero-order valence-electron chi connectivity index (χ0n) is 9.10. The van der Waals surface area contributed by atoms with Gasteiger partial charge in [0.25, 0.3) is 0 Å². The van der Waals surface area contributed by atoms with E-state index in [0.717, 1.165) is 30.7 Å². The first-order valence-corrected chi connectivity index (χ1v) is 5.58. The standard InChI is InChI=1S/C12H12F3NO/c13-12(14,15)9-2-1-8-6-11(3-4-16-7-11)17-10(8)5-9/h1-2,5,16H,3-4,6-7H2. The first-order valence-electron chi connectivity index (χ1n) is 5.58. The van der Waals surface area contributed by atoms with Gasteiger partial charge in [-0.15, -0.1) is 0 Å². The van der Waals surface area contributed by atoms with Crippen LogP contribution in [0.15, 0.2) is 18.2 Å². The highest BCUT2D eigenvalue weighted by Gasteiger charge is 2.43. The Kier molecular flexibility index (Phi) is 2.17. The minimum atomic E-state index is -4.30. The molecule has 1 spiro atoms. The van der Waals surface area contributed by atoms with E-state index in [1.54, 1.807) is 0 Å². The summed E-state index contributed by atoms with van der Waals surface area (Å²) >= 11 is 0. The molecule has 3 rings (SSSR count). The summed E-state index contributed by atoms with van der Waals surface area (Å²) in [7, 11) is 0. The number of hydrogen-bond donors (Lipinski definition) is 1. The minimum Gasteiger partial charge on any atom is -0.485 e. The maximum atomic E-state index is 12.6. The molecule has 1 N–H and O–H groups in total. The van der Waals surface area contributed by atoms with Crippen LogP contribution in [0, 0.1) is 0 Å². The summed E-state index contributed by atoms with van der Waals surface area (Å²) in [5.74, 6) is 0.392. The van der Waals surface area contributed by atoms with Crippen molar-refractivity contribution in [1.29, 1.82) is 0 Å². The highest BCUT2D eigenvalue weighted by molar-refractivity contribution is 5.43. The molecule has 2 nitrogen and oxygen atoms in total. The van der Waals surface area contributed by atoms with E-state index in [9.17, 15) is 13.2 Å². The Morgan fingerprint density at radius 3 is 2.76 bits per heavy atom. The molecule has 0 aliphatic carbocycles. The molecular formula is C12H12F3NO. The van der Waals surface area contributed by atoms with Gasteiger partial charge < -0.3 is 10.1 Å². The highest BCUT2D eigenvalue weighted by Crippen LogP contribution is 2.41. The Morgan fingerprint density at radius 2 is 2.12 bits per heavy atom. The second kappa shape index (κ2) is 3.38. The van der Waals surface area contributed by atoms with Crippen LogP contribution in [0.4, 0.5) is 13.2 Å². The summed E-state index contributed by atoms with van der Waals surface area (Å²) in [5.41, 5.74) is -0.0759. The number of rotatable bonds is 0. The molecule has 1 fully saturated rings. The minimum absolute atomic E-state index is 0.313. The lowest BCUT2D eigenvalue weighted by Crippen LogP contribution is -2.36. The van der Waals surface area contributed by atoms with Crippen LogP contribution >= 0.6 is 0 Å². The molecule has 92 valence electrons. The third-order valence-corrected chi connectivity index (χ3v) is 3.44. The number of nitrogens with one attached hydrogen (secondary N) is 1. The predicted molar refractivity (Wildman–Crippen MR) is 56.0 cm³/mol. The average Bonchev–Trinajstić information content (AvgIpc) is 2.82. The molecule has 5 heteroatoms. The van der Waals surface area contributed by atoms with Crippen LogP contribution in [0.1, 0.15) is 17.5 Å². The molecule has 2 aliphatic rings. The summed E-state index contributed by atoms with van der Waals surface area (Å²) < 4.78 is 43.4. The fourth-order valence-corrected chi connectivity index (χ4v) is 2.55. The van der Waals surface area contributed by atoms with E-state index < -0.39 is 11.7 Å². The van der Waals surface area contributed by atoms with Gasteiger partial charge in [0.15, 0.2) is 0 Å². The van der Waals surface area contributed by atoms with Crippen molar-refractivity contribution in [2.75, 3.05) is 13.1 Å². The second-order valence-corrected chi connectivity index (χ2v) is 4.71. The molecule has 0 amide bonds. The summed E-state index contributed by atoms with van der Waals surface area (Å²) in [4.78, 5) is 0. The van der Waals surface area contributed by atoms with E-state index in [-0.39, 0.29) is 5.60 Å². The van der Waals surface area contributed by atoms with Crippen molar-refractivity contribution in [2.24, 2.45) is 0 Å². The Bertz CT molecular complexity index is 450. The highest BCUT2D eigenvalue weighted by atomic mass is 19.4. The zero-order chi connectivity index (χ0) is 12.1. The number of benzene rings is 1. The van der Waals surface area contributed by atoms with Crippen molar-refractivity contribution >= 4 is 0 Å². The molecule has 0 aromatic heterocycles. The van der Waals surface area contributed by atoms with Crippen LogP contribution in [-0.2, 0) is 12.6 Å². The van der Waals surface area contributed by atoms with Gasteiger partial charge in [0.05, 0.1) is 5.56 Å². The molecule has 1 atom stereocenters. The quantitative estimate of drug-likeness (QED) is 0.755. The van der Waals surface area contributed by atoms with Crippen LogP contribution < -0.4 is 10.1 Å². The van der Waals surface area contributed by atoms with E-state index in [1.807, 2.05) is 0 Å². The van der Waals surface area contributed by atoms with Gasteiger partial charge in [-0.3, -0.25) is 0 Å². The summed E-state index contributed by atoms with van der Waals surface area (Å²) in [5, 5.41) is 3.19. The van der Waals surface area contributed by atoms with Gasteiger partial charge in [0.2, 0.25) is 0 Å². The van der Waals surface area contributed by atoms with Gasteiger partial charge in [0, 0.05) is 19.4 Å². The Morgan fingerprint density at radius 1 is 1.29 bits per heavy atom. The molecule has 1 unspecified atom stereocenters. The maximum Gasteiger partial charge on any atom is 0.416 e. The average molecular weight is 243 g/mol. The van der Waals surface area contributed by atoms with Gasteiger partial charge in [0.1, 0.15) is 11.4 Å². The fourth-order valence-electron chi connectivity index (χ4n) is 2.55. The van der Waals surface area contributed by atoms with Crippen molar-refractivity contribution in [1.82, 2.24) is 5.32 Å². The van der Waals surface area contributed by atoms with Gasteiger partial charge in [-0.1, -0.05) is 6.07 Å². The summed E-state index contributed by atoms with van der Waals surface area (Å²) in [6.45, 7) is 1.57. The Balaban J connectivity index is 1.93. The van der Waals surface area contributed by atoms with Crippen molar-refractivity contribution in [2.45, 2.75) is 24.6 Å². The first-order chi connectivity index (χ1) is 7.99. The fraction of sp³-hybridized carbons (Fsp3) is 0.500.